The molecule has 1 heterocycles. The van der Waals surface area contributed by atoms with Gasteiger partial charge in [-0.3, -0.25) is 0 Å². The number of nitrogens with one attached hydrogen (secondary N) is 1. The van der Waals surface area contributed by atoms with Crippen LogP contribution in [0.5, 0.6) is 0 Å². The molecule has 20 heavy (non-hydrogen) atoms. The van der Waals surface area contributed by atoms with E-state index < -0.39 is 0 Å². The van der Waals surface area contributed by atoms with E-state index in [9.17, 15) is 0 Å². The minimum absolute atomic E-state index is 0.709. The predicted molar refractivity (Wildman–Crippen MR) is 86.3 cm³/mol. The Bertz CT molecular complexity index is 695. The smallest absolute Gasteiger partial charge is 0.123 e. The number of thiazole rings is 1. The summed E-state index contributed by atoms with van der Waals surface area (Å²) in [5.41, 5.74) is 3.29. The Hall–Kier alpha value is -1.84. The number of hydrogen-bond donors (Lipinski definition) is 1. The largest absolute Gasteiger partial charge is 0.381 e. The molecular formula is C16H13ClN2S. The van der Waals surface area contributed by atoms with Crippen molar-refractivity contribution in [3.63, 3.8) is 0 Å². The van der Waals surface area contributed by atoms with Gasteiger partial charge in [0.2, 0.25) is 0 Å². The van der Waals surface area contributed by atoms with Crippen molar-refractivity contribution in [3.8, 4) is 10.6 Å². The zero-order valence-corrected chi connectivity index (χ0v) is 12.3. The summed E-state index contributed by atoms with van der Waals surface area (Å²) in [6.45, 7) is 0.709. The Balaban J connectivity index is 1.75. The summed E-state index contributed by atoms with van der Waals surface area (Å²) in [4.78, 5) is 4.33. The molecule has 4 heteroatoms. The van der Waals surface area contributed by atoms with Gasteiger partial charge in [0, 0.05) is 34.4 Å². The van der Waals surface area contributed by atoms with Crippen molar-refractivity contribution in [2.45, 2.75) is 6.54 Å². The molecule has 0 aliphatic rings. The van der Waals surface area contributed by atoms with Crippen LogP contribution in [0.4, 0.5) is 5.69 Å². The fourth-order valence-corrected chi connectivity index (χ4v) is 2.81. The van der Waals surface area contributed by atoms with Crippen LogP contribution < -0.4 is 5.32 Å². The Morgan fingerprint density at radius 3 is 2.80 bits per heavy atom. The summed E-state index contributed by atoms with van der Waals surface area (Å²) in [6, 6.07) is 16.1. The molecule has 3 rings (SSSR count). The van der Waals surface area contributed by atoms with E-state index in [2.05, 4.69) is 22.4 Å². The first-order valence-electron chi connectivity index (χ1n) is 6.30. The SMILES string of the molecule is Clc1ccccc1CNc1cccc(-c2nccs2)c1. The summed E-state index contributed by atoms with van der Waals surface area (Å²) >= 11 is 7.80. The van der Waals surface area contributed by atoms with E-state index in [4.69, 9.17) is 11.6 Å². The zero-order chi connectivity index (χ0) is 13.8. The van der Waals surface area contributed by atoms with Crippen molar-refractivity contribution >= 4 is 28.6 Å². The maximum atomic E-state index is 6.15. The fraction of sp³-hybridized carbons (Fsp3) is 0.0625. The topological polar surface area (TPSA) is 24.9 Å². The third-order valence-corrected chi connectivity index (χ3v) is 4.17. The number of rotatable bonds is 4. The van der Waals surface area contributed by atoms with Crippen LogP contribution >= 0.6 is 22.9 Å². The number of nitrogens with zero attached hydrogens (tertiary/aromatic N) is 1. The van der Waals surface area contributed by atoms with Gasteiger partial charge >= 0.3 is 0 Å². The Labute approximate surface area is 127 Å². The van der Waals surface area contributed by atoms with Crippen molar-refractivity contribution < 1.29 is 0 Å². The molecule has 0 atom stereocenters. The standard InChI is InChI=1S/C16H13ClN2S/c17-15-7-2-1-4-13(15)11-19-14-6-3-5-12(10-14)16-18-8-9-20-16/h1-10,19H,11H2. The van der Waals surface area contributed by atoms with E-state index in [0.29, 0.717) is 6.54 Å². The van der Waals surface area contributed by atoms with E-state index in [1.807, 2.05) is 48.0 Å². The number of anilines is 1. The minimum Gasteiger partial charge on any atom is -0.381 e. The molecule has 0 bridgehead atoms. The van der Waals surface area contributed by atoms with Gasteiger partial charge in [-0.25, -0.2) is 4.98 Å². The number of hydrogen-bond acceptors (Lipinski definition) is 3. The van der Waals surface area contributed by atoms with E-state index in [-0.39, 0.29) is 0 Å². The highest BCUT2D eigenvalue weighted by Crippen LogP contribution is 2.25. The predicted octanol–water partition coefficient (Wildman–Crippen LogP) is 5.08. The van der Waals surface area contributed by atoms with Gasteiger partial charge in [0.25, 0.3) is 0 Å². The molecule has 2 aromatic carbocycles. The van der Waals surface area contributed by atoms with Gasteiger partial charge in [-0.1, -0.05) is 41.9 Å². The average molecular weight is 301 g/mol. The zero-order valence-electron chi connectivity index (χ0n) is 10.7. The first-order chi connectivity index (χ1) is 9.83. The monoisotopic (exact) mass is 300 g/mol. The lowest BCUT2D eigenvalue weighted by molar-refractivity contribution is 1.15. The number of benzene rings is 2. The van der Waals surface area contributed by atoms with Crippen LogP contribution in [-0.2, 0) is 6.54 Å². The summed E-state index contributed by atoms with van der Waals surface area (Å²) in [7, 11) is 0. The molecule has 3 aromatic rings. The van der Waals surface area contributed by atoms with Crippen molar-refractivity contribution in [1.29, 1.82) is 0 Å². The van der Waals surface area contributed by atoms with E-state index >= 15 is 0 Å². The van der Waals surface area contributed by atoms with Gasteiger partial charge in [-0.15, -0.1) is 11.3 Å². The maximum Gasteiger partial charge on any atom is 0.123 e. The lowest BCUT2D eigenvalue weighted by atomic mass is 10.2. The molecule has 0 fully saturated rings. The van der Waals surface area contributed by atoms with E-state index in [1.165, 1.54) is 0 Å². The molecule has 0 amide bonds. The first kappa shape index (κ1) is 13.2. The second kappa shape index (κ2) is 6.07. The Morgan fingerprint density at radius 2 is 2.00 bits per heavy atom. The highest BCUT2D eigenvalue weighted by molar-refractivity contribution is 7.13. The summed E-state index contributed by atoms with van der Waals surface area (Å²) < 4.78 is 0. The van der Waals surface area contributed by atoms with Crippen molar-refractivity contribution in [1.82, 2.24) is 4.98 Å². The summed E-state index contributed by atoms with van der Waals surface area (Å²) in [6.07, 6.45) is 1.82. The second-order valence-electron chi connectivity index (χ2n) is 4.36. The number of halogens is 1. The third kappa shape index (κ3) is 3.00. The molecule has 0 saturated carbocycles. The summed E-state index contributed by atoms with van der Waals surface area (Å²) in [5.74, 6) is 0. The Morgan fingerprint density at radius 1 is 1.10 bits per heavy atom. The maximum absolute atomic E-state index is 6.15. The van der Waals surface area contributed by atoms with Crippen molar-refractivity contribution in [2.75, 3.05) is 5.32 Å². The highest BCUT2D eigenvalue weighted by Gasteiger charge is 2.02. The van der Waals surface area contributed by atoms with E-state index in [1.54, 1.807) is 11.3 Å². The molecule has 0 saturated heterocycles. The molecule has 0 radical (unpaired) electrons. The van der Waals surface area contributed by atoms with Crippen LogP contribution in [0.3, 0.4) is 0 Å². The van der Waals surface area contributed by atoms with Gasteiger partial charge in [0.15, 0.2) is 0 Å². The molecule has 1 N–H and O–H groups in total. The first-order valence-corrected chi connectivity index (χ1v) is 7.56. The van der Waals surface area contributed by atoms with Crippen LogP contribution in [0.15, 0.2) is 60.1 Å². The second-order valence-corrected chi connectivity index (χ2v) is 5.66. The molecular weight excluding hydrogens is 288 g/mol. The quantitative estimate of drug-likeness (QED) is 0.727. The fourth-order valence-electron chi connectivity index (χ4n) is 1.97. The third-order valence-electron chi connectivity index (χ3n) is 2.98. The van der Waals surface area contributed by atoms with Crippen LogP contribution in [-0.4, -0.2) is 4.98 Å². The van der Waals surface area contributed by atoms with Crippen LogP contribution in [0.2, 0.25) is 5.02 Å². The van der Waals surface area contributed by atoms with Gasteiger partial charge in [-0.2, -0.15) is 0 Å². The van der Waals surface area contributed by atoms with Gasteiger partial charge in [-0.05, 0) is 23.8 Å². The van der Waals surface area contributed by atoms with Crippen molar-refractivity contribution in [2.24, 2.45) is 0 Å². The average Bonchev–Trinajstić information content (AvgIpc) is 3.01. The number of aromatic nitrogens is 1. The molecule has 0 aliphatic heterocycles. The van der Waals surface area contributed by atoms with Crippen LogP contribution in [0.25, 0.3) is 10.6 Å². The van der Waals surface area contributed by atoms with Gasteiger partial charge < -0.3 is 5.32 Å². The van der Waals surface area contributed by atoms with Crippen molar-refractivity contribution in [3.05, 3.63) is 70.7 Å². The molecule has 0 unspecified atom stereocenters. The molecule has 2 nitrogen and oxygen atoms in total. The minimum atomic E-state index is 0.709. The van der Waals surface area contributed by atoms with Gasteiger partial charge in [0.1, 0.15) is 5.01 Å². The van der Waals surface area contributed by atoms with Crippen LogP contribution in [0.1, 0.15) is 5.56 Å². The Kier molecular flexibility index (Phi) is 4.00. The molecule has 100 valence electrons. The molecule has 1 aromatic heterocycles. The normalized spacial score (nSPS) is 10.4. The lowest BCUT2D eigenvalue weighted by Gasteiger charge is -2.09. The molecule has 0 aliphatic carbocycles. The molecule has 0 spiro atoms. The summed E-state index contributed by atoms with van der Waals surface area (Å²) in [5, 5.41) is 7.20. The lowest BCUT2D eigenvalue weighted by Crippen LogP contribution is -1.99. The van der Waals surface area contributed by atoms with Crippen LogP contribution in [0, 0.1) is 0 Å². The van der Waals surface area contributed by atoms with E-state index in [0.717, 1.165) is 26.8 Å². The highest BCUT2D eigenvalue weighted by atomic mass is 35.5. The van der Waals surface area contributed by atoms with Gasteiger partial charge in [0.05, 0.1) is 0 Å².